The number of rotatable bonds is 2. The van der Waals surface area contributed by atoms with Gasteiger partial charge < -0.3 is 5.11 Å². The van der Waals surface area contributed by atoms with Crippen molar-refractivity contribution in [2.45, 2.75) is 33.6 Å². The molecule has 0 heterocycles. The van der Waals surface area contributed by atoms with Crippen LogP contribution in [0.25, 0.3) is 0 Å². The number of hydrogen-bond acceptors (Lipinski definition) is 2. The summed E-state index contributed by atoms with van der Waals surface area (Å²) in [6.07, 6.45) is 4.03. The van der Waals surface area contributed by atoms with E-state index >= 15 is 0 Å². The van der Waals surface area contributed by atoms with Crippen LogP contribution in [-0.2, 0) is 9.59 Å². The zero-order valence-corrected chi connectivity index (χ0v) is 11.1. The second kappa shape index (κ2) is 3.46. The first-order valence-corrected chi connectivity index (χ1v) is 6.86. The maximum absolute atomic E-state index is 12.2. The highest BCUT2D eigenvalue weighted by Crippen LogP contribution is 2.66. The quantitative estimate of drug-likeness (QED) is 0.817. The molecule has 0 aromatic rings. The maximum atomic E-state index is 12.2. The molecule has 0 amide bonds. The van der Waals surface area contributed by atoms with Crippen molar-refractivity contribution in [3.8, 4) is 0 Å². The Labute approximate surface area is 107 Å². The summed E-state index contributed by atoms with van der Waals surface area (Å²) in [7, 11) is 0. The van der Waals surface area contributed by atoms with Gasteiger partial charge in [-0.05, 0) is 36.0 Å². The number of carbonyl (C=O) groups is 2. The molecule has 3 aliphatic rings. The van der Waals surface area contributed by atoms with Gasteiger partial charge in [0.1, 0.15) is 5.78 Å². The molecular weight excluding hydrogens is 228 g/mol. The third-order valence-corrected chi connectivity index (χ3v) is 5.64. The van der Waals surface area contributed by atoms with Crippen molar-refractivity contribution in [2.24, 2.45) is 35.0 Å². The topological polar surface area (TPSA) is 54.4 Å². The smallest absolute Gasteiger partial charge is 0.332 e. The molecule has 3 nitrogen and oxygen atoms in total. The normalized spacial score (nSPS) is 45.6. The Balaban J connectivity index is 2.08. The van der Waals surface area contributed by atoms with Crippen LogP contribution in [0.2, 0.25) is 0 Å². The first-order chi connectivity index (χ1) is 8.38. The molecule has 1 unspecified atom stereocenters. The number of hydrogen-bond donors (Lipinski definition) is 1. The molecule has 1 N–H and O–H groups in total. The van der Waals surface area contributed by atoms with Gasteiger partial charge in [-0.15, -0.1) is 0 Å². The molecule has 0 aromatic heterocycles. The Morgan fingerprint density at radius 1 is 1.50 bits per heavy atom. The van der Waals surface area contributed by atoms with Crippen LogP contribution in [0, 0.1) is 35.0 Å². The minimum atomic E-state index is -0.896. The number of aliphatic carboxylic acids is 1. The minimum absolute atomic E-state index is 0.0738. The SMILES string of the molecule is CC(C)[C@@H]1CC[C@]2(C)C3C(=O)[C@@H]2C(C(=O)O)=C[C@@H]31. The van der Waals surface area contributed by atoms with Crippen molar-refractivity contribution in [1.82, 2.24) is 0 Å². The lowest BCUT2D eigenvalue weighted by molar-refractivity contribution is -0.171. The number of fused-ring (bicyclic) bond motifs is 2. The van der Waals surface area contributed by atoms with E-state index in [1.165, 1.54) is 0 Å². The molecule has 5 atom stereocenters. The van der Waals surface area contributed by atoms with Crippen LogP contribution in [0.3, 0.4) is 0 Å². The molecule has 2 fully saturated rings. The largest absolute Gasteiger partial charge is 0.478 e. The standard InChI is InChI=1S/C15H20O3/c1-7(2)8-4-5-15(3)11-9(8)6-10(14(17)18)12(15)13(11)16/h6-9,11-12H,4-5H2,1-3H3,(H,17,18)/t8-,9+,11?,12-,15+/m0/s1. The highest BCUT2D eigenvalue weighted by atomic mass is 16.4. The van der Waals surface area contributed by atoms with Crippen LogP contribution in [0.5, 0.6) is 0 Å². The number of ketones is 1. The molecule has 0 spiro atoms. The van der Waals surface area contributed by atoms with Crippen LogP contribution >= 0.6 is 0 Å². The summed E-state index contributed by atoms with van der Waals surface area (Å²) in [5, 5.41) is 9.33. The molecule has 3 rings (SSSR count). The van der Waals surface area contributed by atoms with Crippen molar-refractivity contribution in [2.75, 3.05) is 0 Å². The zero-order valence-electron chi connectivity index (χ0n) is 11.1. The number of carboxylic acid groups (broad SMARTS) is 1. The van der Waals surface area contributed by atoms with Gasteiger partial charge in [-0.2, -0.15) is 0 Å². The summed E-state index contributed by atoms with van der Waals surface area (Å²) in [6, 6.07) is 0. The van der Waals surface area contributed by atoms with E-state index in [1.807, 2.05) is 6.08 Å². The van der Waals surface area contributed by atoms with E-state index in [4.69, 9.17) is 0 Å². The third-order valence-electron chi connectivity index (χ3n) is 5.64. The Hall–Kier alpha value is -1.12. The average molecular weight is 248 g/mol. The first-order valence-electron chi connectivity index (χ1n) is 6.86. The lowest BCUT2D eigenvalue weighted by Crippen LogP contribution is -2.66. The summed E-state index contributed by atoms with van der Waals surface area (Å²) >= 11 is 0. The van der Waals surface area contributed by atoms with Gasteiger partial charge in [-0.25, -0.2) is 4.79 Å². The third kappa shape index (κ3) is 1.20. The Kier molecular flexibility index (Phi) is 2.30. The van der Waals surface area contributed by atoms with Gasteiger partial charge in [0, 0.05) is 11.5 Å². The predicted octanol–water partition coefficient (Wildman–Crippen LogP) is 2.51. The van der Waals surface area contributed by atoms with Gasteiger partial charge in [0.15, 0.2) is 0 Å². The molecule has 3 aliphatic carbocycles. The van der Waals surface area contributed by atoms with Crippen molar-refractivity contribution in [3.63, 3.8) is 0 Å². The van der Waals surface area contributed by atoms with Gasteiger partial charge in [0.2, 0.25) is 0 Å². The predicted molar refractivity (Wildman–Crippen MR) is 66.9 cm³/mol. The minimum Gasteiger partial charge on any atom is -0.478 e. The van der Waals surface area contributed by atoms with Gasteiger partial charge in [-0.3, -0.25) is 4.79 Å². The van der Waals surface area contributed by atoms with Gasteiger partial charge >= 0.3 is 5.97 Å². The summed E-state index contributed by atoms with van der Waals surface area (Å²) in [5.74, 6) is 0.182. The average Bonchev–Trinajstić information content (AvgIpc) is 2.27. The van der Waals surface area contributed by atoms with E-state index in [0.29, 0.717) is 17.4 Å². The molecule has 2 bridgehead atoms. The fourth-order valence-corrected chi connectivity index (χ4v) is 4.76. The summed E-state index contributed by atoms with van der Waals surface area (Å²) in [6.45, 7) is 6.47. The monoisotopic (exact) mass is 248 g/mol. The van der Waals surface area contributed by atoms with Crippen LogP contribution in [0.4, 0.5) is 0 Å². The molecule has 0 saturated heterocycles. The second-order valence-corrected chi connectivity index (χ2v) is 6.77. The molecule has 0 aliphatic heterocycles. The van der Waals surface area contributed by atoms with Crippen molar-refractivity contribution in [3.05, 3.63) is 11.6 Å². The first kappa shape index (κ1) is 11.9. The number of Topliss-reactive ketones (excluding diaryl/α,β-unsaturated/α-hetero) is 1. The lowest BCUT2D eigenvalue weighted by atomic mass is 9.38. The van der Waals surface area contributed by atoms with Crippen LogP contribution in [-0.4, -0.2) is 16.9 Å². The Morgan fingerprint density at radius 3 is 2.72 bits per heavy atom. The zero-order chi connectivity index (χ0) is 13.2. The van der Waals surface area contributed by atoms with E-state index in [-0.39, 0.29) is 29.0 Å². The Morgan fingerprint density at radius 2 is 2.17 bits per heavy atom. The fourth-order valence-electron chi connectivity index (χ4n) is 4.76. The fraction of sp³-hybridized carbons (Fsp3) is 0.733. The molecule has 0 aromatic carbocycles. The van der Waals surface area contributed by atoms with Crippen LogP contribution in [0.1, 0.15) is 33.6 Å². The lowest BCUT2D eigenvalue weighted by Gasteiger charge is -2.63. The molecule has 98 valence electrons. The van der Waals surface area contributed by atoms with E-state index in [9.17, 15) is 14.7 Å². The molecule has 2 saturated carbocycles. The summed E-state index contributed by atoms with van der Waals surface area (Å²) in [4.78, 5) is 23.6. The highest BCUT2D eigenvalue weighted by Gasteiger charge is 2.68. The summed E-state index contributed by atoms with van der Waals surface area (Å²) in [5.41, 5.74) is 0.302. The molecule has 3 heteroatoms. The highest BCUT2D eigenvalue weighted by molar-refractivity contribution is 6.04. The maximum Gasteiger partial charge on any atom is 0.332 e. The molecule has 0 radical (unpaired) electrons. The van der Waals surface area contributed by atoms with E-state index < -0.39 is 5.97 Å². The summed E-state index contributed by atoms with van der Waals surface area (Å²) < 4.78 is 0. The number of carboxylic acids is 1. The van der Waals surface area contributed by atoms with E-state index in [1.54, 1.807) is 0 Å². The number of carbonyl (C=O) groups excluding carboxylic acids is 1. The van der Waals surface area contributed by atoms with E-state index in [0.717, 1.165) is 12.8 Å². The van der Waals surface area contributed by atoms with Gasteiger partial charge in [-0.1, -0.05) is 26.8 Å². The molecular formula is C15H20O3. The van der Waals surface area contributed by atoms with Crippen LogP contribution in [0.15, 0.2) is 11.6 Å². The number of allylic oxidation sites excluding steroid dienone is 1. The van der Waals surface area contributed by atoms with Crippen molar-refractivity contribution in [1.29, 1.82) is 0 Å². The van der Waals surface area contributed by atoms with Crippen molar-refractivity contribution < 1.29 is 14.7 Å². The van der Waals surface area contributed by atoms with Crippen molar-refractivity contribution >= 4 is 11.8 Å². The molecule has 18 heavy (non-hydrogen) atoms. The van der Waals surface area contributed by atoms with Gasteiger partial charge in [0.25, 0.3) is 0 Å². The van der Waals surface area contributed by atoms with E-state index in [2.05, 4.69) is 20.8 Å². The second-order valence-electron chi connectivity index (χ2n) is 6.77. The van der Waals surface area contributed by atoms with Gasteiger partial charge in [0.05, 0.1) is 5.92 Å². The Bertz CT molecular complexity index is 462. The van der Waals surface area contributed by atoms with Crippen LogP contribution < -0.4 is 0 Å².